The van der Waals surface area contributed by atoms with Crippen LogP contribution < -0.4 is 4.90 Å². The lowest BCUT2D eigenvalue weighted by Crippen LogP contribution is -2.33. The molecule has 19 heavy (non-hydrogen) atoms. The number of amides is 1. The lowest BCUT2D eigenvalue weighted by Gasteiger charge is -2.21. The molecule has 1 aliphatic carbocycles. The highest BCUT2D eigenvalue weighted by Gasteiger charge is 2.47. The van der Waals surface area contributed by atoms with E-state index in [1.807, 2.05) is 35.2 Å². The molecule has 1 amide bonds. The Balaban J connectivity index is 1.46. The van der Waals surface area contributed by atoms with Crippen LogP contribution in [0.25, 0.3) is 0 Å². The summed E-state index contributed by atoms with van der Waals surface area (Å²) in [6, 6.07) is 10.1. The Labute approximate surface area is 114 Å². The number of para-hydroxylation sites is 1. The SMILES string of the molecule is O=C1[C@H]2CN(CC3CC3)C[C@@H]2CN1c1ccccc1. The van der Waals surface area contributed by atoms with E-state index in [4.69, 9.17) is 0 Å². The van der Waals surface area contributed by atoms with Gasteiger partial charge in [0.25, 0.3) is 0 Å². The van der Waals surface area contributed by atoms with Gasteiger partial charge in [-0.15, -0.1) is 0 Å². The van der Waals surface area contributed by atoms with Crippen molar-refractivity contribution in [1.82, 2.24) is 4.90 Å². The van der Waals surface area contributed by atoms with Crippen LogP contribution in [0.5, 0.6) is 0 Å². The molecule has 0 N–H and O–H groups in total. The second-order valence-electron chi connectivity index (χ2n) is 6.31. The Morgan fingerprint density at radius 3 is 2.53 bits per heavy atom. The largest absolute Gasteiger partial charge is 0.312 e. The van der Waals surface area contributed by atoms with Gasteiger partial charge in [-0.2, -0.15) is 0 Å². The van der Waals surface area contributed by atoms with Gasteiger partial charge in [0.2, 0.25) is 5.91 Å². The number of carbonyl (C=O) groups is 1. The predicted octanol–water partition coefficient (Wildman–Crippen LogP) is 1.99. The maximum Gasteiger partial charge on any atom is 0.231 e. The first-order chi connectivity index (χ1) is 9.31. The minimum Gasteiger partial charge on any atom is -0.312 e. The van der Waals surface area contributed by atoms with Gasteiger partial charge in [0.15, 0.2) is 0 Å². The summed E-state index contributed by atoms with van der Waals surface area (Å²) >= 11 is 0. The van der Waals surface area contributed by atoms with Crippen LogP contribution >= 0.6 is 0 Å². The molecule has 100 valence electrons. The Morgan fingerprint density at radius 1 is 1.05 bits per heavy atom. The molecule has 0 radical (unpaired) electrons. The van der Waals surface area contributed by atoms with Crippen molar-refractivity contribution in [2.45, 2.75) is 12.8 Å². The van der Waals surface area contributed by atoms with Crippen LogP contribution in [0.2, 0.25) is 0 Å². The summed E-state index contributed by atoms with van der Waals surface area (Å²) in [4.78, 5) is 17.0. The molecule has 1 saturated carbocycles. The molecular formula is C16H20N2O. The first kappa shape index (κ1) is 11.5. The van der Waals surface area contributed by atoms with E-state index in [-0.39, 0.29) is 5.92 Å². The van der Waals surface area contributed by atoms with Crippen molar-refractivity contribution in [3.63, 3.8) is 0 Å². The summed E-state index contributed by atoms with van der Waals surface area (Å²) in [5, 5.41) is 0. The molecule has 0 aromatic heterocycles. The van der Waals surface area contributed by atoms with Crippen LogP contribution in [-0.4, -0.2) is 37.0 Å². The molecular weight excluding hydrogens is 236 g/mol. The zero-order valence-electron chi connectivity index (χ0n) is 11.2. The summed E-state index contributed by atoms with van der Waals surface area (Å²) in [6.45, 7) is 4.25. The Morgan fingerprint density at radius 2 is 1.84 bits per heavy atom. The number of benzene rings is 1. The van der Waals surface area contributed by atoms with Gasteiger partial charge < -0.3 is 9.80 Å². The van der Waals surface area contributed by atoms with E-state index in [1.54, 1.807) is 0 Å². The topological polar surface area (TPSA) is 23.6 Å². The molecule has 1 aromatic carbocycles. The molecule has 2 heterocycles. The first-order valence-electron chi connectivity index (χ1n) is 7.40. The van der Waals surface area contributed by atoms with Crippen LogP contribution in [0.4, 0.5) is 5.69 Å². The van der Waals surface area contributed by atoms with Crippen LogP contribution in [0, 0.1) is 17.8 Å². The third-order valence-corrected chi connectivity index (χ3v) is 4.80. The van der Waals surface area contributed by atoms with Gasteiger partial charge >= 0.3 is 0 Å². The van der Waals surface area contributed by atoms with Gasteiger partial charge in [0.05, 0.1) is 5.92 Å². The minimum atomic E-state index is 0.249. The third-order valence-electron chi connectivity index (χ3n) is 4.80. The summed E-state index contributed by atoms with van der Waals surface area (Å²) in [5.74, 6) is 2.07. The second kappa shape index (κ2) is 4.34. The smallest absolute Gasteiger partial charge is 0.231 e. The highest BCUT2D eigenvalue weighted by Crippen LogP contribution is 2.37. The standard InChI is InChI=1S/C16H20N2O/c19-16-15-11-17(8-12-6-7-12)9-13(15)10-18(16)14-4-2-1-3-5-14/h1-5,12-13,15H,6-11H2/t13-,15+/m1/s1. The normalized spacial score (nSPS) is 30.9. The first-order valence-corrected chi connectivity index (χ1v) is 7.40. The molecule has 2 saturated heterocycles. The monoisotopic (exact) mass is 256 g/mol. The molecule has 2 aliphatic heterocycles. The van der Waals surface area contributed by atoms with E-state index in [2.05, 4.69) is 4.90 Å². The summed E-state index contributed by atoms with van der Waals surface area (Å²) in [6.07, 6.45) is 2.80. The van der Waals surface area contributed by atoms with E-state index in [9.17, 15) is 4.79 Å². The van der Waals surface area contributed by atoms with Crippen molar-refractivity contribution in [3.05, 3.63) is 30.3 Å². The maximum atomic E-state index is 12.5. The zero-order chi connectivity index (χ0) is 12.8. The van der Waals surface area contributed by atoms with E-state index in [0.29, 0.717) is 11.8 Å². The Hall–Kier alpha value is -1.35. The van der Waals surface area contributed by atoms with Crippen molar-refractivity contribution in [2.75, 3.05) is 31.1 Å². The van der Waals surface area contributed by atoms with Gasteiger partial charge in [-0.05, 0) is 30.9 Å². The molecule has 1 aromatic rings. The number of carbonyl (C=O) groups excluding carboxylic acids is 1. The van der Waals surface area contributed by atoms with Crippen LogP contribution in [0.3, 0.4) is 0 Å². The van der Waals surface area contributed by atoms with Gasteiger partial charge in [-0.1, -0.05) is 18.2 Å². The van der Waals surface area contributed by atoms with Gasteiger partial charge in [0, 0.05) is 37.8 Å². The van der Waals surface area contributed by atoms with Crippen LogP contribution in [0.1, 0.15) is 12.8 Å². The third kappa shape index (κ3) is 2.06. The average Bonchev–Trinajstić information content (AvgIpc) is 3.07. The van der Waals surface area contributed by atoms with E-state index in [1.165, 1.54) is 19.4 Å². The van der Waals surface area contributed by atoms with Crippen molar-refractivity contribution in [1.29, 1.82) is 0 Å². The number of hydrogen-bond donors (Lipinski definition) is 0. The van der Waals surface area contributed by atoms with Crippen molar-refractivity contribution >= 4 is 11.6 Å². The Kier molecular flexibility index (Phi) is 2.62. The molecule has 3 heteroatoms. The van der Waals surface area contributed by atoms with E-state index >= 15 is 0 Å². The highest BCUT2D eigenvalue weighted by molar-refractivity contribution is 5.98. The molecule has 0 unspecified atom stereocenters. The average molecular weight is 256 g/mol. The van der Waals surface area contributed by atoms with Crippen molar-refractivity contribution < 1.29 is 4.79 Å². The number of rotatable bonds is 3. The number of fused-ring (bicyclic) bond motifs is 1. The predicted molar refractivity (Wildman–Crippen MR) is 74.9 cm³/mol. The quantitative estimate of drug-likeness (QED) is 0.825. The van der Waals surface area contributed by atoms with E-state index in [0.717, 1.165) is 31.2 Å². The molecule has 4 rings (SSSR count). The highest BCUT2D eigenvalue weighted by atomic mass is 16.2. The lowest BCUT2D eigenvalue weighted by atomic mass is 10.0. The Bertz CT molecular complexity index is 483. The van der Waals surface area contributed by atoms with E-state index < -0.39 is 0 Å². The van der Waals surface area contributed by atoms with Gasteiger partial charge in [-0.25, -0.2) is 0 Å². The molecule has 0 spiro atoms. The number of hydrogen-bond acceptors (Lipinski definition) is 2. The van der Waals surface area contributed by atoms with Crippen molar-refractivity contribution in [2.24, 2.45) is 17.8 Å². The molecule has 3 nitrogen and oxygen atoms in total. The lowest BCUT2D eigenvalue weighted by molar-refractivity contribution is -0.120. The minimum absolute atomic E-state index is 0.249. The number of nitrogens with zero attached hydrogens (tertiary/aromatic N) is 2. The summed E-state index contributed by atoms with van der Waals surface area (Å²) in [5.41, 5.74) is 1.07. The van der Waals surface area contributed by atoms with Crippen LogP contribution in [0.15, 0.2) is 30.3 Å². The van der Waals surface area contributed by atoms with Crippen molar-refractivity contribution in [3.8, 4) is 0 Å². The fourth-order valence-electron chi connectivity index (χ4n) is 3.61. The number of anilines is 1. The fourth-order valence-corrected chi connectivity index (χ4v) is 3.61. The molecule has 3 fully saturated rings. The fraction of sp³-hybridized carbons (Fsp3) is 0.562. The summed E-state index contributed by atoms with van der Waals surface area (Å²) in [7, 11) is 0. The molecule has 0 bridgehead atoms. The molecule has 2 atom stereocenters. The van der Waals surface area contributed by atoms with Gasteiger partial charge in [0.1, 0.15) is 0 Å². The van der Waals surface area contributed by atoms with Gasteiger partial charge in [-0.3, -0.25) is 4.79 Å². The summed E-state index contributed by atoms with van der Waals surface area (Å²) < 4.78 is 0. The molecule has 3 aliphatic rings. The second-order valence-corrected chi connectivity index (χ2v) is 6.31. The van der Waals surface area contributed by atoms with Crippen LogP contribution in [-0.2, 0) is 4.79 Å². The zero-order valence-corrected chi connectivity index (χ0v) is 11.2. The number of likely N-dealkylation sites (tertiary alicyclic amines) is 1. The maximum absolute atomic E-state index is 12.5.